The van der Waals surface area contributed by atoms with E-state index in [4.69, 9.17) is 9.47 Å². The number of sulfonamides is 1. The summed E-state index contributed by atoms with van der Waals surface area (Å²) in [6.45, 7) is 0.851. The highest BCUT2D eigenvalue weighted by atomic mass is 32.2. The molecule has 2 heterocycles. The minimum Gasteiger partial charge on any atom is -0.486 e. The van der Waals surface area contributed by atoms with Crippen LogP contribution in [0.5, 0.6) is 11.5 Å². The number of pyridine rings is 1. The van der Waals surface area contributed by atoms with Gasteiger partial charge in [-0.1, -0.05) is 36.4 Å². The second-order valence-corrected chi connectivity index (χ2v) is 8.56. The molecule has 3 aromatic carbocycles. The minimum absolute atomic E-state index is 0.118. The molecular weight excluding hydrogens is 400 g/mol. The van der Waals surface area contributed by atoms with Gasteiger partial charge in [0.1, 0.15) is 13.2 Å². The molecule has 6 nitrogen and oxygen atoms in total. The lowest BCUT2D eigenvalue weighted by atomic mass is 10.1. The van der Waals surface area contributed by atoms with Gasteiger partial charge >= 0.3 is 0 Å². The number of benzene rings is 3. The number of ether oxygens (including phenoxy) is 2. The van der Waals surface area contributed by atoms with Crippen molar-refractivity contribution in [1.29, 1.82) is 0 Å². The molecule has 150 valence electrons. The Bertz CT molecular complexity index is 1340. The fourth-order valence-corrected chi connectivity index (χ4v) is 4.41. The topological polar surface area (TPSA) is 77.5 Å². The van der Waals surface area contributed by atoms with Crippen molar-refractivity contribution in [3.63, 3.8) is 0 Å². The predicted octanol–water partition coefficient (Wildman–Crippen LogP) is 4.47. The molecule has 0 unspecified atom stereocenters. The van der Waals surface area contributed by atoms with Crippen molar-refractivity contribution < 1.29 is 17.9 Å². The third kappa shape index (κ3) is 3.55. The number of hydrogen-bond acceptors (Lipinski definition) is 5. The van der Waals surface area contributed by atoms with Gasteiger partial charge in [-0.05, 0) is 36.4 Å². The van der Waals surface area contributed by atoms with E-state index in [1.807, 2.05) is 48.5 Å². The first kappa shape index (κ1) is 18.4. The van der Waals surface area contributed by atoms with Crippen molar-refractivity contribution in [2.24, 2.45) is 0 Å². The summed E-state index contributed by atoms with van der Waals surface area (Å²) in [5, 5.41) is 1.07. The van der Waals surface area contributed by atoms with Gasteiger partial charge in [-0.3, -0.25) is 4.72 Å². The highest BCUT2D eigenvalue weighted by molar-refractivity contribution is 7.92. The van der Waals surface area contributed by atoms with E-state index in [1.54, 1.807) is 18.2 Å². The lowest BCUT2D eigenvalue weighted by molar-refractivity contribution is 0.171. The molecule has 0 bridgehead atoms. The number of aromatic nitrogens is 1. The van der Waals surface area contributed by atoms with Crippen LogP contribution in [-0.4, -0.2) is 26.6 Å². The van der Waals surface area contributed by atoms with Gasteiger partial charge in [0.2, 0.25) is 0 Å². The molecule has 7 heteroatoms. The molecule has 1 aliphatic rings. The summed E-state index contributed by atoms with van der Waals surface area (Å²) in [5.41, 5.74) is 3.12. The van der Waals surface area contributed by atoms with Crippen LogP contribution < -0.4 is 14.2 Å². The highest BCUT2D eigenvalue weighted by Crippen LogP contribution is 2.33. The van der Waals surface area contributed by atoms with Crippen LogP contribution in [0, 0.1) is 0 Å². The summed E-state index contributed by atoms with van der Waals surface area (Å²) in [6, 6.07) is 23.6. The van der Waals surface area contributed by atoms with Crippen molar-refractivity contribution >= 4 is 26.6 Å². The van der Waals surface area contributed by atoms with Crippen molar-refractivity contribution in [2.45, 2.75) is 4.90 Å². The van der Waals surface area contributed by atoms with Crippen LogP contribution in [0.4, 0.5) is 5.69 Å². The molecule has 0 aliphatic carbocycles. The van der Waals surface area contributed by atoms with E-state index < -0.39 is 10.0 Å². The Labute approximate surface area is 174 Å². The summed E-state index contributed by atoms with van der Waals surface area (Å²) in [7, 11) is -3.75. The van der Waals surface area contributed by atoms with Crippen LogP contribution in [0.15, 0.2) is 83.8 Å². The number of para-hydroxylation sites is 1. The van der Waals surface area contributed by atoms with Crippen molar-refractivity contribution in [3.8, 4) is 22.8 Å². The molecule has 0 saturated heterocycles. The molecule has 0 fully saturated rings. The summed E-state index contributed by atoms with van der Waals surface area (Å²) in [6.07, 6.45) is 0. The molecule has 0 radical (unpaired) electrons. The van der Waals surface area contributed by atoms with Crippen LogP contribution in [-0.2, 0) is 10.0 Å². The van der Waals surface area contributed by atoms with E-state index in [-0.39, 0.29) is 4.90 Å². The molecule has 0 atom stereocenters. The van der Waals surface area contributed by atoms with Gasteiger partial charge in [-0.25, -0.2) is 13.4 Å². The Morgan fingerprint density at radius 1 is 0.800 bits per heavy atom. The van der Waals surface area contributed by atoms with Crippen LogP contribution >= 0.6 is 0 Å². The fraction of sp³-hybridized carbons (Fsp3) is 0.0870. The van der Waals surface area contributed by atoms with Gasteiger partial charge in [-0.2, -0.15) is 0 Å². The maximum atomic E-state index is 12.8. The van der Waals surface area contributed by atoms with E-state index >= 15 is 0 Å². The minimum atomic E-state index is -3.75. The Kier molecular flexibility index (Phi) is 4.52. The Balaban J connectivity index is 1.38. The smallest absolute Gasteiger partial charge is 0.262 e. The number of rotatable bonds is 4. The van der Waals surface area contributed by atoms with E-state index in [0.717, 1.165) is 22.2 Å². The van der Waals surface area contributed by atoms with Gasteiger partial charge in [0.15, 0.2) is 11.5 Å². The average molecular weight is 418 g/mol. The van der Waals surface area contributed by atoms with E-state index in [0.29, 0.717) is 30.4 Å². The van der Waals surface area contributed by atoms with Crippen molar-refractivity contribution in [2.75, 3.05) is 17.9 Å². The molecule has 30 heavy (non-hydrogen) atoms. The normalized spacial score (nSPS) is 13.2. The van der Waals surface area contributed by atoms with Crippen LogP contribution in [0.3, 0.4) is 0 Å². The maximum absolute atomic E-state index is 12.8. The van der Waals surface area contributed by atoms with Gasteiger partial charge in [0, 0.05) is 22.7 Å². The Morgan fingerprint density at radius 2 is 1.57 bits per heavy atom. The standard InChI is InChI=1S/C23H18N2O4S/c26-30(27,19-10-12-22-23(15-19)29-14-13-28-22)25-18-8-5-17(6-9-18)21-11-7-16-3-1-2-4-20(16)24-21/h1-12,15,25H,13-14H2. The zero-order valence-corrected chi connectivity index (χ0v) is 16.7. The number of hydrogen-bond donors (Lipinski definition) is 1. The molecule has 5 rings (SSSR count). The van der Waals surface area contributed by atoms with Gasteiger partial charge in [-0.15, -0.1) is 0 Å². The van der Waals surface area contributed by atoms with Crippen LogP contribution in [0.2, 0.25) is 0 Å². The van der Waals surface area contributed by atoms with Crippen LogP contribution in [0.25, 0.3) is 22.2 Å². The number of anilines is 1. The SMILES string of the molecule is O=S(=O)(Nc1ccc(-c2ccc3ccccc3n2)cc1)c1ccc2c(c1)OCCO2. The fourth-order valence-electron chi connectivity index (χ4n) is 3.34. The molecule has 1 aromatic heterocycles. The second kappa shape index (κ2) is 7.35. The van der Waals surface area contributed by atoms with E-state index in [2.05, 4.69) is 9.71 Å². The van der Waals surface area contributed by atoms with Crippen LogP contribution in [0.1, 0.15) is 0 Å². The molecule has 4 aromatic rings. The molecule has 0 amide bonds. The largest absolute Gasteiger partial charge is 0.486 e. The quantitative estimate of drug-likeness (QED) is 0.529. The summed E-state index contributed by atoms with van der Waals surface area (Å²) in [5.74, 6) is 0.981. The first-order valence-electron chi connectivity index (χ1n) is 9.47. The summed E-state index contributed by atoms with van der Waals surface area (Å²) in [4.78, 5) is 4.79. The van der Waals surface area contributed by atoms with E-state index in [1.165, 1.54) is 12.1 Å². The lowest BCUT2D eigenvalue weighted by Crippen LogP contribution is -2.17. The summed E-state index contributed by atoms with van der Waals surface area (Å²) < 4.78 is 39.1. The molecular formula is C23H18N2O4S. The number of fused-ring (bicyclic) bond motifs is 2. The zero-order valence-electron chi connectivity index (χ0n) is 15.9. The maximum Gasteiger partial charge on any atom is 0.262 e. The predicted molar refractivity (Wildman–Crippen MR) is 115 cm³/mol. The van der Waals surface area contributed by atoms with Crippen molar-refractivity contribution in [1.82, 2.24) is 4.98 Å². The first-order valence-corrected chi connectivity index (χ1v) is 11.0. The monoisotopic (exact) mass is 418 g/mol. The highest BCUT2D eigenvalue weighted by Gasteiger charge is 2.19. The third-order valence-corrected chi connectivity index (χ3v) is 6.23. The molecule has 0 spiro atoms. The average Bonchev–Trinajstić information content (AvgIpc) is 2.79. The number of nitrogens with one attached hydrogen (secondary N) is 1. The summed E-state index contributed by atoms with van der Waals surface area (Å²) >= 11 is 0. The Morgan fingerprint density at radius 3 is 2.40 bits per heavy atom. The number of nitrogens with zero attached hydrogens (tertiary/aromatic N) is 1. The molecule has 1 aliphatic heterocycles. The zero-order chi connectivity index (χ0) is 20.6. The van der Waals surface area contributed by atoms with Gasteiger partial charge in [0.25, 0.3) is 10.0 Å². The third-order valence-electron chi connectivity index (χ3n) is 4.86. The lowest BCUT2D eigenvalue weighted by Gasteiger charge is -2.19. The van der Waals surface area contributed by atoms with Gasteiger partial charge in [0.05, 0.1) is 16.1 Å². The molecule has 0 saturated carbocycles. The molecule has 1 N–H and O–H groups in total. The Hall–Kier alpha value is -3.58. The van der Waals surface area contributed by atoms with Crippen molar-refractivity contribution in [3.05, 3.63) is 78.9 Å². The van der Waals surface area contributed by atoms with E-state index in [9.17, 15) is 8.42 Å². The first-order chi connectivity index (χ1) is 14.6. The second-order valence-electron chi connectivity index (χ2n) is 6.88. The van der Waals surface area contributed by atoms with Gasteiger partial charge < -0.3 is 9.47 Å².